The summed E-state index contributed by atoms with van der Waals surface area (Å²) in [6, 6.07) is 0. The molecule has 36 heteroatoms. The Hall–Kier alpha value is -1.34. The molecule has 0 spiro atoms. The zero-order chi connectivity index (χ0) is 51.6. The molecule has 0 aliphatic heterocycles. The van der Waals surface area contributed by atoms with Crippen LogP contribution in [0.2, 0.25) is 0 Å². The van der Waals surface area contributed by atoms with E-state index in [1.54, 1.807) is 5.16 Å². The van der Waals surface area contributed by atoms with Crippen molar-refractivity contribution >= 4 is 58.8 Å². The van der Waals surface area contributed by atoms with Gasteiger partial charge in [0.05, 0.1) is 10.9 Å². The van der Waals surface area contributed by atoms with E-state index in [1.807, 2.05) is 0 Å². The van der Waals surface area contributed by atoms with Gasteiger partial charge in [-0.25, -0.2) is 31.0 Å². The Morgan fingerprint density at radius 1 is 0.413 bits per heavy atom. The van der Waals surface area contributed by atoms with Gasteiger partial charge in [-0.2, -0.15) is 105 Å². The number of hydrogen-bond donors (Lipinski definition) is 0. The highest BCUT2D eigenvalue weighted by molar-refractivity contribution is 8.13. The van der Waals surface area contributed by atoms with Crippen LogP contribution < -0.4 is 0 Å². The molecule has 0 saturated carbocycles. The normalized spacial score (nSPS) is 14.8. The first kappa shape index (κ1) is 65.9. The van der Waals surface area contributed by atoms with Gasteiger partial charge in [0.1, 0.15) is 0 Å². The van der Waals surface area contributed by atoms with Crippen LogP contribution in [0.5, 0.6) is 0 Å². The predicted molar refractivity (Wildman–Crippen MR) is 168 cm³/mol. The first-order chi connectivity index (χ1) is 27.4. The van der Waals surface area contributed by atoms with Crippen LogP contribution in [0, 0.1) is 11.8 Å². The summed E-state index contributed by atoms with van der Waals surface area (Å²) in [5, 5.41) is 1.81. The molecule has 0 radical (unpaired) electrons. The van der Waals surface area contributed by atoms with Crippen molar-refractivity contribution in [1.29, 1.82) is 0 Å². The lowest BCUT2D eigenvalue weighted by atomic mass is 9.80. The zero-order valence-electron chi connectivity index (χ0n) is 29.9. The first-order valence-electron chi connectivity index (χ1n) is 15.8. The molecule has 0 aliphatic rings. The van der Waals surface area contributed by atoms with Gasteiger partial charge in [0.2, 0.25) is 9.05 Å². The number of aliphatic imine (C=N–C) groups is 1. The first-order valence-corrected chi connectivity index (χ1v) is 19.8. The summed E-state index contributed by atoms with van der Waals surface area (Å²) in [7, 11) is 8.70. The zero-order valence-corrected chi connectivity index (χ0v) is 33.8. The topological polar surface area (TPSA) is 46.5 Å². The molecular weight excluding hydrogens is 1070 g/mol. The summed E-state index contributed by atoms with van der Waals surface area (Å²) in [5.74, 6) is -7.03. The van der Waals surface area contributed by atoms with Gasteiger partial charge >= 0.3 is 49.4 Å². The molecule has 380 valence electrons. The predicted octanol–water partition coefficient (Wildman–Crippen LogP) is 15.5. The molecule has 0 saturated heterocycles. The van der Waals surface area contributed by atoms with Gasteiger partial charge in [-0.05, 0) is 36.9 Å². The molecule has 3 nitrogen and oxygen atoms in total. The van der Waals surface area contributed by atoms with Crippen LogP contribution in [-0.2, 0) is 9.05 Å². The number of isothiocyanates is 1. The maximum Gasteiger partial charge on any atom is 0.431 e. The van der Waals surface area contributed by atoms with Gasteiger partial charge in [-0.1, -0.05) is 25.7 Å². The number of hydrogen-bond acceptors (Lipinski definition) is 4. The van der Waals surface area contributed by atoms with E-state index in [4.69, 9.17) is 10.7 Å². The Labute approximate surface area is 355 Å². The highest BCUT2D eigenvalue weighted by Gasteiger charge is 2.77. The van der Waals surface area contributed by atoms with Crippen LogP contribution in [0.1, 0.15) is 64.2 Å². The third-order valence-electron chi connectivity index (χ3n) is 8.32. The minimum absolute atomic E-state index is 0.255. The second-order valence-corrected chi connectivity index (χ2v) is 16.0. The lowest BCUT2D eigenvalue weighted by molar-refractivity contribution is -0.358. The minimum Gasteiger partial charge on any atom is -0.233 e. The highest BCUT2D eigenvalue weighted by Crippen LogP contribution is 2.57. The molecule has 0 aromatic rings. The van der Waals surface area contributed by atoms with Crippen molar-refractivity contribution in [2.45, 2.75) is 136 Å². The molecule has 0 unspecified atom stereocenters. The Balaban J connectivity index is -0.00000110. The van der Waals surface area contributed by atoms with E-state index < -0.39 is 157 Å². The molecule has 0 rings (SSSR count). The third-order valence-corrected chi connectivity index (χ3v) is 9.69. The molecule has 0 atom stereocenters. The van der Waals surface area contributed by atoms with Crippen LogP contribution in [0.4, 0.5) is 123 Å². The molecule has 0 aromatic heterocycles. The monoisotopic (exact) mass is 1100 g/mol. The molecule has 0 heterocycles. The SMILES string of the molecule is ClCl.FC(F)(F)C(F)(CC(CCCCN=C=S)CC(F)(C(F)(F)F)C(F)(F)F)C(F)(F)F.O=S(=O)(Cl)CCCCC(CC(F)(C(F)(F)F)C(F)(F)F)CC(F)(C(F)(F)F)C(F)(F)F. The minimum atomic E-state index is -6.81. The fourth-order valence-electron chi connectivity index (χ4n) is 5.09. The summed E-state index contributed by atoms with van der Waals surface area (Å²) in [4.78, 5) is 3.27. The van der Waals surface area contributed by atoms with Crippen LogP contribution in [-0.4, -0.2) is 98.0 Å². The second-order valence-electron chi connectivity index (χ2n) is 12.9. The molecule has 0 aromatic carbocycles. The summed E-state index contributed by atoms with van der Waals surface area (Å²) >= 11 is 4.14. The van der Waals surface area contributed by atoms with Crippen molar-refractivity contribution in [1.82, 2.24) is 0 Å². The molecule has 0 fully saturated rings. The van der Waals surface area contributed by atoms with Crippen molar-refractivity contribution in [2.24, 2.45) is 16.8 Å². The Kier molecular flexibility index (Phi) is 24.2. The van der Waals surface area contributed by atoms with Gasteiger partial charge in [0, 0.05) is 64.6 Å². The van der Waals surface area contributed by atoms with E-state index in [9.17, 15) is 131 Å². The van der Waals surface area contributed by atoms with E-state index >= 15 is 0 Å². The fraction of sp³-hybridized carbons (Fsp3) is 0.963. The number of nitrogens with zero attached hydrogens (tertiary/aromatic N) is 1. The van der Waals surface area contributed by atoms with Gasteiger partial charge in [-0.15, -0.1) is 0 Å². The van der Waals surface area contributed by atoms with E-state index in [-0.39, 0.29) is 13.0 Å². The largest absolute Gasteiger partial charge is 0.431 e. The number of unbranched alkanes of at least 4 members (excludes halogenated alkanes) is 2. The van der Waals surface area contributed by atoms with Crippen molar-refractivity contribution in [3.63, 3.8) is 0 Å². The average Bonchev–Trinajstić information content (AvgIpc) is 3.03. The van der Waals surface area contributed by atoms with Gasteiger partial charge in [0.15, 0.2) is 0 Å². The molecule has 0 aliphatic carbocycles. The summed E-state index contributed by atoms with van der Waals surface area (Å²) < 4.78 is 381. The molecule has 0 bridgehead atoms. The summed E-state index contributed by atoms with van der Waals surface area (Å²) in [6.45, 7) is -0.255. The van der Waals surface area contributed by atoms with Crippen LogP contribution >= 0.6 is 44.6 Å². The van der Waals surface area contributed by atoms with Crippen molar-refractivity contribution < 1.29 is 131 Å². The van der Waals surface area contributed by atoms with Gasteiger partial charge < -0.3 is 0 Å². The maximum atomic E-state index is 13.9. The Morgan fingerprint density at radius 2 is 0.619 bits per heavy atom. The van der Waals surface area contributed by atoms with Crippen LogP contribution in [0.3, 0.4) is 0 Å². The van der Waals surface area contributed by atoms with E-state index in [0.717, 1.165) is 0 Å². The number of halogens is 31. The van der Waals surface area contributed by atoms with Gasteiger partial charge in [-0.3, -0.25) is 0 Å². The molecule has 63 heavy (non-hydrogen) atoms. The number of thiocarbonyl (C=S) groups is 1. The average molecular weight is 1100 g/mol. The molecule has 0 N–H and O–H groups in total. The van der Waals surface area contributed by atoms with E-state index in [0.29, 0.717) is 0 Å². The maximum absolute atomic E-state index is 13.9. The lowest BCUT2D eigenvalue weighted by Gasteiger charge is -2.37. The Morgan fingerprint density at radius 3 is 0.794 bits per heavy atom. The Bertz CT molecular complexity index is 1390. The smallest absolute Gasteiger partial charge is 0.233 e. The second kappa shape index (κ2) is 23.1. The third kappa shape index (κ3) is 18.7. The van der Waals surface area contributed by atoms with Gasteiger partial charge in [0.25, 0.3) is 22.7 Å². The lowest BCUT2D eigenvalue weighted by Crippen LogP contribution is -2.57. The molecule has 0 amide bonds. The van der Waals surface area contributed by atoms with Crippen molar-refractivity contribution in [3.05, 3.63) is 0 Å². The quantitative estimate of drug-likeness (QED) is 0.0452. The van der Waals surface area contributed by atoms with Crippen molar-refractivity contribution in [2.75, 3.05) is 12.3 Å². The standard InChI is InChI=1S/C14H13F14NS.C13H13ClF14O2S.Cl2/c15-9(11(17,18)19,12(20,21)22)5-8(3-1-2-4-29-7-30)6-10(16,13(23,24)25)14(26,27)28;14-31(29,30)4-2-1-3-7(5-8(15,10(17,18)19)11(20,21)22)6-9(16,12(23,24)25)13(26,27)28;1-2/h8H,1-6H2;7H,1-6H2;. The summed E-state index contributed by atoms with van der Waals surface area (Å²) in [5.41, 5.74) is -24.8. The number of rotatable bonds is 18. The van der Waals surface area contributed by atoms with Crippen molar-refractivity contribution in [3.8, 4) is 0 Å². The highest BCUT2D eigenvalue weighted by atomic mass is 36.5. The van der Waals surface area contributed by atoms with E-state index in [1.165, 1.54) is 0 Å². The summed E-state index contributed by atoms with van der Waals surface area (Å²) in [6.07, 6.45) is -71.0. The fourth-order valence-corrected chi connectivity index (χ4v) is 6.06. The molecular formula is C27H26Cl3F28NO2S2. The van der Waals surface area contributed by atoms with Crippen LogP contribution in [0.15, 0.2) is 4.99 Å². The number of alkyl halides is 28. The van der Waals surface area contributed by atoms with E-state index in [2.05, 4.69) is 38.9 Å². The van der Waals surface area contributed by atoms with Crippen LogP contribution in [0.25, 0.3) is 0 Å².